The Labute approximate surface area is 121 Å². The van der Waals surface area contributed by atoms with E-state index in [9.17, 15) is 0 Å². The van der Waals surface area contributed by atoms with E-state index in [1.807, 2.05) is 30.3 Å². The van der Waals surface area contributed by atoms with Crippen molar-refractivity contribution in [2.45, 2.75) is 0 Å². The molecule has 2 heterocycles. The van der Waals surface area contributed by atoms with Crippen LogP contribution in [0.5, 0.6) is 5.75 Å². The first-order valence-electron chi connectivity index (χ1n) is 6.30. The summed E-state index contributed by atoms with van der Waals surface area (Å²) >= 11 is 1.70. The van der Waals surface area contributed by atoms with E-state index in [2.05, 4.69) is 34.3 Å². The van der Waals surface area contributed by atoms with Crippen molar-refractivity contribution in [3.63, 3.8) is 0 Å². The second-order valence-corrected chi connectivity index (χ2v) is 5.22. The number of aromatic nitrogens is 2. The Morgan fingerprint density at radius 2 is 2.10 bits per heavy atom. The number of aromatic amines is 1. The summed E-state index contributed by atoms with van der Waals surface area (Å²) in [6.45, 7) is 4.15. The molecular weight excluding hydrogens is 268 g/mol. The molecular formula is C16H14N2OS. The minimum absolute atomic E-state index is 0.518. The Kier molecular flexibility index (Phi) is 3.65. The predicted molar refractivity (Wildman–Crippen MR) is 83.0 cm³/mol. The molecule has 1 aromatic carbocycles. The molecule has 0 fully saturated rings. The summed E-state index contributed by atoms with van der Waals surface area (Å²) in [6, 6.07) is 14.1. The van der Waals surface area contributed by atoms with E-state index in [-0.39, 0.29) is 0 Å². The van der Waals surface area contributed by atoms with E-state index in [1.165, 1.54) is 4.88 Å². The zero-order valence-corrected chi connectivity index (χ0v) is 11.7. The maximum atomic E-state index is 5.47. The lowest BCUT2D eigenvalue weighted by Gasteiger charge is -2.03. The number of hydrogen-bond donors (Lipinski definition) is 1. The van der Waals surface area contributed by atoms with Gasteiger partial charge in [0.25, 0.3) is 0 Å². The van der Waals surface area contributed by atoms with E-state index in [0.29, 0.717) is 6.61 Å². The van der Waals surface area contributed by atoms with Crippen LogP contribution in [0.25, 0.3) is 21.8 Å². The number of nitrogens with one attached hydrogen (secondary N) is 1. The van der Waals surface area contributed by atoms with Gasteiger partial charge < -0.3 is 4.74 Å². The molecule has 0 aliphatic rings. The first-order valence-corrected chi connectivity index (χ1v) is 7.18. The van der Waals surface area contributed by atoms with Crippen molar-refractivity contribution in [1.82, 2.24) is 10.2 Å². The Bertz CT molecular complexity index is 684. The number of nitrogens with zero attached hydrogens (tertiary/aromatic N) is 1. The highest BCUT2D eigenvalue weighted by atomic mass is 32.1. The van der Waals surface area contributed by atoms with Crippen molar-refractivity contribution >= 4 is 11.3 Å². The van der Waals surface area contributed by atoms with Crippen molar-refractivity contribution < 1.29 is 4.74 Å². The van der Waals surface area contributed by atoms with Crippen LogP contribution >= 0.6 is 11.3 Å². The molecule has 0 bridgehead atoms. The lowest BCUT2D eigenvalue weighted by Crippen LogP contribution is -1.92. The van der Waals surface area contributed by atoms with Gasteiger partial charge in [0, 0.05) is 5.56 Å². The van der Waals surface area contributed by atoms with Crippen molar-refractivity contribution in [2.75, 3.05) is 6.61 Å². The molecule has 0 radical (unpaired) electrons. The minimum atomic E-state index is 0.518. The standard InChI is InChI=1S/C16H14N2OS/c1-2-9-19-13-7-5-12(6-8-13)14-11-15(18-17-14)16-4-3-10-20-16/h2-8,10-11H,1,9H2,(H,17,18). The number of H-pyrrole nitrogens is 1. The van der Waals surface area contributed by atoms with Crippen molar-refractivity contribution in [1.29, 1.82) is 0 Å². The van der Waals surface area contributed by atoms with E-state index in [4.69, 9.17) is 4.74 Å². The van der Waals surface area contributed by atoms with Gasteiger partial charge in [0.2, 0.25) is 0 Å². The van der Waals surface area contributed by atoms with Gasteiger partial charge in [0.1, 0.15) is 12.4 Å². The molecule has 4 heteroatoms. The Morgan fingerprint density at radius 1 is 1.25 bits per heavy atom. The van der Waals surface area contributed by atoms with E-state index in [0.717, 1.165) is 22.7 Å². The Morgan fingerprint density at radius 3 is 2.80 bits per heavy atom. The molecule has 0 atom stereocenters. The lowest BCUT2D eigenvalue weighted by atomic mass is 10.1. The Balaban J connectivity index is 1.81. The fourth-order valence-electron chi connectivity index (χ4n) is 1.90. The van der Waals surface area contributed by atoms with Crippen LogP contribution in [0.3, 0.4) is 0 Å². The van der Waals surface area contributed by atoms with Crippen molar-refractivity contribution in [3.05, 3.63) is 60.5 Å². The van der Waals surface area contributed by atoms with Crippen LogP contribution in [-0.2, 0) is 0 Å². The topological polar surface area (TPSA) is 37.9 Å². The predicted octanol–water partition coefficient (Wildman–Crippen LogP) is 4.37. The fraction of sp³-hybridized carbons (Fsp3) is 0.0625. The highest BCUT2D eigenvalue weighted by molar-refractivity contribution is 7.13. The quantitative estimate of drug-likeness (QED) is 0.706. The van der Waals surface area contributed by atoms with Gasteiger partial charge in [-0.1, -0.05) is 18.7 Å². The number of hydrogen-bond acceptors (Lipinski definition) is 3. The molecule has 0 saturated carbocycles. The summed E-state index contributed by atoms with van der Waals surface area (Å²) in [5, 5.41) is 9.49. The van der Waals surface area contributed by atoms with E-state index in [1.54, 1.807) is 17.4 Å². The zero-order chi connectivity index (χ0) is 13.8. The monoisotopic (exact) mass is 282 g/mol. The summed E-state index contributed by atoms with van der Waals surface area (Å²) in [5.74, 6) is 0.836. The highest BCUT2D eigenvalue weighted by Gasteiger charge is 2.06. The number of rotatable bonds is 5. The van der Waals surface area contributed by atoms with Crippen molar-refractivity contribution in [2.24, 2.45) is 0 Å². The average molecular weight is 282 g/mol. The van der Waals surface area contributed by atoms with Crippen LogP contribution in [0.4, 0.5) is 0 Å². The normalized spacial score (nSPS) is 10.4. The number of benzene rings is 1. The molecule has 20 heavy (non-hydrogen) atoms. The first-order chi connectivity index (χ1) is 9.86. The van der Waals surface area contributed by atoms with Gasteiger partial charge in [0.05, 0.1) is 16.3 Å². The van der Waals surface area contributed by atoms with Crippen LogP contribution in [0.2, 0.25) is 0 Å². The molecule has 2 aromatic heterocycles. The summed E-state index contributed by atoms with van der Waals surface area (Å²) < 4.78 is 5.47. The molecule has 0 aliphatic carbocycles. The molecule has 0 spiro atoms. The average Bonchev–Trinajstić information content (AvgIpc) is 3.16. The summed E-state index contributed by atoms with van der Waals surface area (Å²) in [5.41, 5.74) is 3.04. The van der Waals surface area contributed by atoms with Gasteiger partial charge in [-0.05, 0) is 41.8 Å². The van der Waals surface area contributed by atoms with Crippen molar-refractivity contribution in [3.8, 4) is 27.6 Å². The third-order valence-electron chi connectivity index (χ3n) is 2.88. The van der Waals surface area contributed by atoms with E-state index < -0.39 is 0 Å². The van der Waals surface area contributed by atoms with Gasteiger partial charge >= 0.3 is 0 Å². The first kappa shape index (κ1) is 12.7. The molecule has 0 aliphatic heterocycles. The summed E-state index contributed by atoms with van der Waals surface area (Å²) in [4.78, 5) is 1.19. The van der Waals surface area contributed by atoms with Crippen LogP contribution in [0.1, 0.15) is 0 Å². The van der Waals surface area contributed by atoms with Gasteiger partial charge in [-0.15, -0.1) is 11.3 Å². The number of ether oxygens (including phenoxy) is 1. The van der Waals surface area contributed by atoms with Crippen LogP contribution in [0.15, 0.2) is 60.5 Å². The largest absolute Gasteiger partial charge is 0.490 e. The molecule has 0 unspecified atom stereocenters. The third-order valence-corrected chi connectivity index (χ3v) is 3.79. The van der Waals surface area contributed by atoms with Crippen LogP contribution in [-0.4, -0.2) is 16.8 Å². The molecule has 3 nitrogen and oxygen atoms in total. The van der Waals surface area contributed by atoms with E-state index >= 15 is 0 Å². The highest BCUT2D eigenvalue weighted by Crippen LogP contribution is 2.27. The van der Waals surface area contributed by atoms with Gasteiger partial charge in [-0.2, -0.15) is 5.10 Å². The molecule has 3 aromatic rings. The maximum Gasteiger partial charge on any atom is 0.119 e. The SMILES string of the molecule is C=CCOc1ccc(-c2cc(-c3cccs3)[nH]n2)cc1. The third kappa shape index (κ3) is 2.65. The van der Waals surface area contributed by atoms with Gasteiger partial charge in [0.15, 0.2) is 0 Å². The lowest BCUT2D eigenvalue weighted by molar-refractivity contribution is 0.363. The molecule has 0 saturated heterocycles. The second-order valence-electron chi connectivity index (χ2n) is 4.27. The summed E-state index contributed by atoms with van der Waals surface area (Å²) in [7, 11) is 0. The minimum Gasteiger partial charge on any atom is -0.490 e. The Hall–Kier alpha value is -2.33. The zero-order valence-electron chi connectivity index (χ0n) is 10.9. The van der Waals surface area contributed by atoms with Crippen LogP contribution in [0, 0.1) is 0 Å². The number of thiophene rings is 1. The summed E-state index contributed by atoms with van der Waals surface area (Å²) in [6.07, 6.45) is 1.73. The molecule has 1 N–H and O–H groups in total. The second kappa shape index (κ2) is 5.75. The molecule has 3 rings (SSSR count). The maximum absolute atomic E-state index is 5.47. The van der Waals surface area contributed by atoms with Gasteiger partial charge in [-0.3, -0.25) is 5.10 Å². The molecule has 0 amide bonds. The molecule has 100 valence electrons. The smallest absolute Gasteiger partial charge is 0.119 e. The van der Waals surface area contributed by atoms with Crippen LogP contribution < -0.4 is 4.74 Å². The van der Waals surface area contributed by atoms with Gasteiger partial charge in [-0.25, -0.2) is 0 Å². The fourth-order valence-corrected chi connectivity index (χ4v) is 2.60.